The summed E-state index contributed by atoms with van der Waals surface area (Å²) in [5.74, 6) is -1.29. The first kappa shape index (κ1) is 12.7. The van der Waals surface area contributed by atoms with Crippen molar-refractivity contribution in [2.45, 2.75) is 26.2 Å². The molecule has 1 heterocycles. The molecule has 0 saturated heterocycles. The largest absolute Gasteiger partial charge is 0.350 e. The van der Waals surface area contributed by atoms with E-state index in [9.17, 15) is 8.78 Å². The minimum Gasteiger partial charge on any atom is -0.350 e. The Balaban J connectivity index is 2.29. The smallest absolute Gasteiger partial charge is 0.176 e. The van der Waals surface area contributed by atoms with Crippen molar-refractivity contribution in [2.75, 3.05) is 0 Å². The lowest BCUT2D eigenvalue weighted by Gasteiger charge is -2.28. The lowest BCUT2D eigenvalue weighted by atomic mass is 10.1. The van der Waals surface area contributed by atoms with E-state index in [1.54, 1.807) is 0 Å². The van der Waals surface area contributed by atoms with Crippen LogP contribution >= 0.6 is 0 Å². The zero-order valence-corrected chi connectivity index (χ0v) is 10.0. The standard InChI is InChI=1S/C11H14F2N4O/c1-7(2)18-11(17-6-14-15-16-17)9-4-3-8(12)5-10(9)13/h3-7,11,15-16H,1-2H3. The van der Waals surface area contributed by atoms with Gasteiger partial charge in [0.15, 0.2) is 6.23 Å². The number of hydrogen-bond donors (Lipinski definition) is 2. The van der Waals surface area contributed by atoms with Crippen LogP contribution in [0.3, 0.4) is 0 Å². The van der Waals surface area contributed by atoms with E-state index in [-0.39, 0.29) is 11.7 Å². The zero-order valence-electron chi connectivity index (χ0n) is 10.0. The number of rotatable bonds is 4. The van der Waals surface area contributed by atoms with E-state index in [2.05, 4.69) is 16.2 Å². The van der Waals surface area contributed by atoms with E-state index >= 15 is 0 Å². The van der Waals surface area contributed by atoms with Crippen LogP contribution in [0.2, 0.25) is 0 Å². The fourth-order valence-electron chi connectivity index (χ4n) is 1.57. The van der Waals surface area contributed by atoms with Crippen LogP contribution in [-0.2, 0) is 4.74 Å². The molecule has 0 spiro atoms. The molecule has 7 heteroatoms. The SMILES string of the molecule is CC(C)OC(c1ccc(F)cc1F)N1C=NNN1. The molecular formula is C11H14F2N4O. The monoisotopic (exact) mass is 256 g/mol. The quantitative estimate of drug-likeness (QED) is 0.860. The van der Waals surface area contributed by atoms with Gasteiger partial charge in [0, 0.05) is 11.6 Å². The molecule has 1 aliphatic heterocycles. The highest BCUT2D eigenvalue weighted by Gasteiger charge is 2.25. The second-order valence-electron chi connectivity index (χ2n) is 4.08. The van der Waals surface area contributed by atoms with Gasteiger partial charge in [0.1, 0.15) is 18.0 Å². The number of benzene rings is 1. The molecule has 5 nitrogen and oxygen atoms in total. The molecule has 0 bridgehead atoms. The summed E-state index contributed by atoms with van der Waals surface area (Å²) in [7, 11) is 0. The van der Waals surface area contributed by atoms with Gasteiger partial charge >= 0.3 is 0 Å². The van der Waals surface area contributed by atoms with E-state index in [1.165, 1.54) is 23.5 Å². The molecule has 0 aromatic heterocycles. The average Bonchev–Trinajstić information content (AvgIpc) is 2.79. The number of nitrogens with zero attached hydrogens (tertiary/aromatic N) is 2. The lowest BCUT2D eigenvalue weighted by Crippen LogP contribution is -2.42. The van der Waals surface area contributed by atoms with Gasteiger partial charge in [0.25, 0.3) is 0 Å². The number of ether oxygens (including phenoxy) is 1. The molecule has 2 N–H and O–H groups in total. The van der Waals surface area contributed by atoms with Crippen LogP contribution in [0.5, 0.6) is 0 Å². The highest BCUT2D eigenvalue weighted by molar-refractivity contribution is 5.55. The molecule has 0 radical (unpaired) electrons. The van der Waals surface area contributed by atoms with Crippen molar-refractivity contribution in [1.29, 1.82) is 0 Å². The van der Waals surface area contributed by atoms with Gasteiger partial charge in [-0.2, -0.15) is 5.10 Å². The highest BCUT2D eigenvalue weighted by Crippen LogP contribution is 2.25. The van der Waals surface area contributed by atoms with Crippen molar-refractivity contribution in [3.05, 3.63) is 35.4 Å². The number of hydrazone groups is 1. The fraction of sp³-hybridized carbons (Fsp3) is 0.364. The van der Waals surface area contributed by atoms with E-state index in [0.717, 1.165) is 6.07 Å². The summed E-state index contributed by atoms with van der Waals surface area (Å²) in [5, 5.41) is 5.18. The molecule has 1 unspecified atom stereocenters. The first-order chi connectivity index (χ1) is 8.58. The summed E-state index contributed by atoms with van der Waals surface area (Å²) >= 11 is 0. The Morgan fingerprint density at radius 2 is 2.11 bits per heavy atom. The van der Waals surface area contributed by atoms with Crippen LogP contribution in [0.15, 0.2) is 23.3 Å². The van der Waals surface area contributed by atoms with Crippen molar-refractivity contribution < 1.29 is 13.5 Å². The van der Waals surface area contributed by atoms with Crippen LogP contribution < -0.4 is 11.1 Å². The molecule has 0 aliphatic carbocycles. The van der Waals surface area contributed by atoms with Gasteiger partial charge in [-0.3, -0.25) is 0 Å². The number of hydrazine groups is 2. The van der Waals surface area contributed by atoms with E-state index < -0.39 is 17.9 Å². The maximum atomic E-state index is 13.8. The zero-order chi connectivity index (χ0) is 13.1. The molecule has 0 amide bonds. The molecule has 18 heavy (non-hydrogen) atoms. The predicted octanol–water partition coefficient (Wildman–Crippen LogP) is 1.66. The Morgan fingerprint density at radius 3 is 2.67 bits per heavy atom. The normalized spacial score (nSPS) is 16.2. The topological polar surface area (TPSA) is 48.9 Å². The van der Waals surface area contributed by atoms with Crippen molar-refractivity contribution in [3.63, 3.8) is 0 Å². The summed E-state index contributed by atoms with van der Waals surface area (Å²) in [5.41, 5.74) is 5.40. The van der Waals surface area contributed by atoms with Gasteiger partial charge in [0.05, 0.1) is 6.10 Å². The van der Waals surface area contributed by atoms with E-state index in [4.69, 9.17) is 4.74 Å². The molecule has 98 valence electrons. The summed E-state index contributed by atoms with van der Waals surface area (Å²) < 4.78 is 32.3. The lowest BCUT2D eigenvalue weighted by molar-refractivity contribution is -0.0799. The average molecular weight is 256 g/mol. The summed E-state index contributed by atoms with van der Waals surface area (Å²) in [4.78, 5) is 0. The van der Waals surface area contributed by atoms with Crippen molar-refractivity contribution in [3.8, 4) is 0 Å². The number of nitrogens with one attached hydrogen (secondary N) is 2. The molecule has 1 atom stereocenters. The second-order valence-corrected chi connectivity index (χ2v) is 4.08. The Bertz CT molecular complexity index is 453. The maximum absolute atomic E-state index is 13.8. The van der Waals surface area contributed by atoms with Crippen LogP contribution in [0.1, 0.15) is 25.6 Å². The molecule has 1 aromatic rings. The third-order valence-electron chi connectivity index (χ3n) is 2.31. The van der Waals surface area contributed by atoms with E-state index in [1.807, 2.05) is 13.8 Å². The molecular weight excluding hydrogens is 242 g/mol. The van der Waals surface area contributed by atoms with Crippen molar-refractivity contribution in [2.24, 2.45) is 5.10 Å². The van der Waals surface area contributed by atoms with Crippen molar-refractivity contribution in [1.82, 2.24) is 16.1 Å². The molecule has 0 saturated carbocycles. The van der Waals surface area contributed by atoms with Gasteiger partial charge in [-0.05, 0) is 26.0 Å². The summed E-state index contributed by atoms with van der Waals surface area (Å²) in [6.07, 6.45) is 0.565. The highest BCUT2D eigenvalue weighted by atomic mass is 19.1. The fourth-order valence-corrected chi connectivity index (χ4v) is 1.57. The molecule has 0 fully saturated rings. The number of hydrogen-bond acceptors (Lipinski definition) is 5. The van der Waals surface area contributed by atoms with Gasteiger partial charge in [0.2, 0.25) is 0 Å². The summed E-state index contributed by atoms with van der Waals surface area (Å²) in [6, 6.07) is 3.37. The minimum atomic E-state index is -0.732. The summed E-state index contributed by atoms with van der Waals surface area (Å²) in [6.45, 7) is 3.66. The van der Waals surface area contributed by atoms with Gasteiger partial charge < -0.3 is 4.74 Å². The van der Waals surface area contributed by atoms with Gasteiger partial charge in [-0.25, -0.2) is 19.3 Å². The molecule has 2 rings (SSSR count). The Labute approximate surface area is 103 Å². The van der Waals surface area contributed by atoms with Crippen LogP contribution in [0.25, 0.3) is 0 Å². The van der Waals surface area contributed by atoms with Crippen LogP contribution in [-0.4, -0.2) is 17.5 Å². The number of halogens is 2. The first-order valence-corrected chi connectivity index (χ1v) is 5.50. The third-order valence-corrected chi connectivity index (χ3v) is 2.31. The maximum Gasteiger partial charge on any atom is 0.176 e. The second kappa shape index (κ2) is 5.28. The van der Waals surface area contributed by atoms with E-state index in [0.29, 0.717) is 0 Å². The third kappa shape index (κ3) is 2.74. The Hall–Kier alpha value is -1.73. The minimum absolute atomic E-state index is 0.129. The van der Waals surface area contributed by atoms with Gasteiger partial charge in [-0.15, -0.1) is 5.53 Å². The van der Waals surface area contributed by atoms with Crippen molar-refractivity contribution >= 4 is 6.34 Å². The van der Waals surface area contributed by atoms with Crippen LogP contribution in [0, 0.1) is 11.6 Å². The van der Waals surface area contributed by atoms with Crippen LogP contribution in [0.4, 0.5) is 8.78 Å². The Kier molecular flexibility index (Phi) is 3.73. The predicted molar refractivity (Wildman–Crippen MR) is 61.9 cm³/mol. The Morgan fingerprint density at radius 1 is 1.33 bits per heavy atom. The molecule has 1 aromatic carbocycles. The molecule has 1 aliphatic rings. The first-order valence-electron chi connectivity index (χ1n) is 5.50. The van der Waals surface area contributed by atoms with Gasteiger partial charge in [-0.1, -0.05) is 0 Å².